The highest BCUT2D eigenvalue weighted by atomic mass is 32.2. The lowest BCUT2D eigenvalue weighted by Crippen LogP contribution is -2.41. The number of unbranched alkanes of at least 4 members (excludes halogenated alkanes) is 1. The standard InChI is InChI=1S/C26H34N4O6S2/c1-4-5-11-28(3)38(34,35)20-8-6-19(7-9-20)24(32)27-25-23(26(33)29-13-15-36-16-14-29)21-10-12-30(18(2)31)17-22(21)37-25/h6-9H,4-5,10-17H2,1-3H3,(H,27,32). The number of rotatable bonds is 8. The van der Waals surface area contributed by atoms with Crippen LogP contribution in [0.4, 0.5) is 5.00 Å². The lowest BCUT2D eigenvalue weighted by atomic mass is 10.0. The molecule has 12 heteroatoms. The van der Waals surface area contributed by atoms with Crippen molar-refractivity contribution < 1.29 is 27.5 Å². The Morgan fingerprint density at radius 1 is 1.08 bits per heavy atom. The number of fused-ring (bicyclic) bond motifs is 1. The number of benzene rings is 1. The molecule has 2 aliphatic rings. The first-order chi connectivity index (χ1) is 18.1. The summed E-state index contributed by atoms with van der Waals surface area (Å²) in [6, 6.07) is 5.81. The molecule has 3 heterocycles. The van der Waals surface area contributed by atoms with Gasteiger partial charge in [-0.25, -0.2) is 12.7 Å². The zero-order valence-corrected chi connectivity index (χ0v) is 23.6. The van der Waals surface area contributed by atoms with E-state index < -0.39 is 15.9 Å². The van der Waals surface area contributed by atoms with Crippen LogP contribution in [0.25, 0.3) is 0 Å². The zero-order valence-electron chi connectivity index (χ0n) is 22.0. The van der Waals surface area contributed by atoms with E-state index in [0.29, 0.717) is 62.9 Å². The molecule has 0 unspecified atom stereocenters. The molecule has 0 saturated carbocycles. The molecule has 38 heavy (non-hydrogen) atoms. The molecule has 1 aromatic carbocycles. The largest absolute Gasteiger partial charge is 0.378 e. The third-order valence-corrected chi connectivity index (χ3v) is 9.90. The molecular formula is C26H34N4O6S2. The minimum atomic E-state index is -3.65. The Hall–Kier alpha value is -2.80. The number of ether oxygens (including phenoxy) is 1. The van der Waals surface area contributed by atoms with E-state index in [2.05, 4.69) is 5.32 Å². The highest BCUT2D eigenvalue weighted by Gasteiger charge is 2.32. The van der Waals surface area contributed by atoms with E-state index in [4.69, 9.17) is 4.74 Å². The Bertz CT molecular complexity index is 1300. The third kappa shape index (κ3) is 5.93. The van der Waals surface area contributed by atoms with Crippen molar-refractivity contribution in [1.29, 1.82) is 0 Å². The zero-order chi connectivity index (χ0) is 27.4. The lowest BCUT2D eigenvalue weighted by Gasteiger charge is -2.29. The van der Waals surface area contributed by atoms with Crippen molar-refractivity contribution in [1.82, 2.24) is 14.1 Å². The van der Waals surface area contributed by atoms with Gasteiger partial charge in [-0.05, 0) is 42.7 Å². The van der Waals surface area contributed by atoms with Crippen LogP contribution in [-0.2, 0) is 32.5 Å². The Morgan fingerprint density at radius 2 is 1.76 bits per heavy atom. The maximum Gasteiger partial charge on any atom is 0.257 e. The molecule has 0 spiro atoms. The normalized spacial score (nSPS) is 15.9. The third-order valence-electron chi connectivity index (χ3n) is 6.89. The first kappa shape index (κ1) is 28.2. The van der Waals surface area contributed by atoms with Crippen molar-refractivity contribution in [2.75, 3.05) is 51.8 Å². The number of hydrogen-bond acceptors (Lipinski definition) is 7. The molecule has 206 valence electrons. The van der Waals surface area contributed by atoms with Crippen LogP contribution in [0.15, 0.2) is 29.2 Å². The number of nitrogens with zero attached hydrogens (tertiary/aromatic N) is 3. The molecule has 1 aromatic heterocycles. The van der Waals surface area contributed by atoms with Crippen molar-refractivity contribution in [2.45, 2.75) is 44.6 Å². The van der Waals surface area contributed by atoms with Crippen molar-refractivity contribution >= 4 is 44.1 Å². The molecular weight excluding hydrogens is 528 g/mol. The topological polar surface area (TPSA) is 116 Å². The van der Waals surface area contributed by atoms with Crippen LogP contribution in [0.5, 0.6) is 0 Å². The van der Waals surface area contributed by atoms with Crippen LogP contribution in [0.2, 0.25) is 0 Å². The van der Waals surface area contributed by atoms with Gasteiger partial charge in [0.2, 0.25) is 15.9 Å². The number of thiophene rings is 1. The van der Waals surface area contributed by atoms with Crippen LogP contribution >= 0.6 is 11.3 Å². The molecule has 0 bridgehead atoms. The fourth-order valence-electron chi connectivity index (χ4n) is 4.55. The highest BCUT2D eigenvalue weighted by molar-refractivity contribution is 7.89. The molecule has 2 aliphatic heterocycles. The van der Waals surface area contributed by atoms with Crippen LogP contribution in [-0.4, -0.2) is 86.7 Å². The predicted molar refractivity (Wildman–Crippen MR) is 145 cm³/mol. The highest BCUT2D eigenvalue weighted by Crippen LogP contribution is 2.38. The van der Waals surface area contributed by atoms with Gasteiger partial charge in [0.05, 0.1) is 30.2 Å². The number of morpholine rings is 1. The lowest BCUT2D eigenvalue weighted by molar-refractivity contribution is -0.129. The summed E-state index contributed by atoms with van der Waals surface area (Å²) in [6.45, 7) is 6.71. The van der Waals surface area contributed by atoms with E-state index >= 15 is 0 Å². The molecule has 1 fully saturated rings. The molecule has 10 nitrogen and oxygen atoms in total. The second kappa shape index (κ2) is 11.9. The monoisotopic (exact) mass is 562 g/mol. The number of amides is 3. The van der Waals surface area contributed by atoms with E-state index in [1.54, 1.807) is 16.8 Å². The van der Waals surface area contributed by atoms with Gasteiger partial charge in [-0.1, -0.05) is 13.3 Å². The van der Waals surface area contributed by atoms with Crippen molar-refractivity contribution in [3.63, 3.8) is 0 Å². The molecule has 3 amide bonds. The Morgan fingerprint density at radius 3 is 2.39 bits per heavy atom. The first-order valence-electron chi connectivity index (χ1n) is 12.8. The van der Waals surface area contributed by atoms with Crippen molar-refractivity contribution in [2.24, 2.45) is 0 Å². The van der Waals surface area contributed by atoms with Gasteiger partial charge in [0, 0.05) is 50.6 Å². The molecule has 4 rings (SSSR count). The predicted octanol–water partition coefficient (Wildman–Crippen LogP) is 2.80. The number of carbonyl (C=O) groups is 3. The molecule has 1 N–H and O–H groups in total. The smallest absolute Gasteiger partial charge is 0.257 e. The number of anilines is 1. The molecule has 0 aliphatic carbocycles. The van der Waals surface area contributed by atoms with Gasteiger partial charge in [0.1, 0.15) is 5.00 Å². The molecule has 1 saturated heterocycles. The van der Waals surface area contributed by atoms with Gasteiger partial charge >= 0.3 is 0 Å². The van der Waals surface area contributed by atoms with E-state index in [1.807, 2.05) is 6.92 Å². The second-order valence-electron chi connectivity index (χ2n) is 9.46. The van der Waals surface area contributed by atoms with Crippen LogP contribution < -0.4 is 5.32 Å². The summed E-state index contributed by atoms with van der Waals surface area (Å²) in [6.07, 6.45) is 2.18. The second-order valence-corrected chi connectivity index (χ2v) is 12.6. The maximum absolute atomic E-state index is 13.6. The van der Waals surface area contributed by atoms with Gasteiger partial charge in [0.25, 0.3) is 11.8 Å². The minimum Gasteiger partial charge on any atom is -0.378 e. The summed E-state index contributed by atoms with van der Waals surface area (Å²) in [5.74, 6) is -0.633. The average molecular weight is 563 g/mol. The van der Waals surface area contributed by atoms with Gasteiger partial charge < -0.3 is 19.9 Å². The number of sulfonamides is 1. The quantitative estimate of drug-likeness (QED) is 0.529. The van der Waals surface area contributed by atoms with Crippen LogP contribution in [0.3, 0.4) is 0 Å². The van der Waals surface area contributed by atoms with Gasteiger partial charge in [0.15, 0.2) is 0 Å². The number of carbonyl (C=O) groups excluding carboxylic acids is 3. The van der Waals surface area contributed by atoms with E-state index in [0.717, 1.165) is 23.3 Å². The number of nitrogens with one attached hydrogen (secondary N) is 1. The molecule has 2 aromatic rings. The van der Waals surface area contributed by atoms with Gasteiger partial charge in [-0.2, -0.15) is 0 Å². The van der Waals surface area contributed by atoms with Gasteiger partial charge in [-0.3, -0.25) is 14.4 Å². The van der Waals surface area contributed by atoms with Crippen LogP contribution in [0.1, 0.15) is 57.8 Å². The minimum absolute atomic E-state index is 0.0360. The van der Waals surface area contributed by atoms with Gasteiger partial charge in [-0.15, -0.1) is 11.3 Å². The molecule has 0 atom stereocenters. The van der Waals surface area contributed by atoms with Crippen molar-refractivity contribution in [3.05, 3.63) is 45.8 Å². The van der Waals surface area contributed by atoms with E-state index in [9.17, 15) is 22.8 Å². The molecule has 0 radical (unpaired) electrons. The SMILES string of the molecule is CCCCN(C)S(=O)(=O)c1ccc(C(=O)Nc2sc3c(c2C(=O)N2CCOCC2)CCN(C(C)=O)C3)cc1. The summed E-state index contributed by atoms with van der Waals surface area (Å²) in [5.41, 5.74) is 1.62. The fraction of sp³-hybridized carbons (Fsp3) is 0.500. The summed E-state index contributed by atoms with van der Waals surface area (Å²) >= 11 is 1.31. The van der Waals surface area contributed by atoms with E-state index in [1.165, 1.54) is 46.8 Å². The fourth-order valence-corrected chi connectivity index (χ4v) is 7.01. The summed E-state index contributed by atoms with van der Waals surface area (Å²) in [5, 5.41) is 3.34. The van der Waals surface area contributed by atoms with Crippen LogP contribution in [0, 0.1) is 0 Å². The maximum atomic E-state index is 13.6. The Kier molecular flexibility index (Phi) is 8.86. The Balaban J connectivity index is 1.59. The average Bonchev–Trinajstić information content (AvgIpc) is 3.28. The summed E-state index contributed by atoms with van der Waals surface area (Å²) < 4.78 is 32.3. The summed E-state index contributed by atoms with van der Waals surface area (Å²) in [4.78, 5) is 43.2. The summed E-state index contributed by atoms with van der Waals surface area (Å²) in [7, 11) is -2.10. The van der Waals surface area contributed by atoms with Crippen molar-refractivity contribution in [3.8, 4) is 0 Å². The first-order valence-corrected chi connectivity index (χ1v) is 15.0. The van der Waals surface area contributed by atoms with E-state index in [-0.39, 0.29) is 22.3 Å². The Labute approximate surface area is 227 Å². The number of hydrogen-bond donors (Lipinski definition) is 1.